The smallest absolute Gasteiger partial charge is 0.228 e. The quantitative estimate of drug-likeness (QED) is 0.891. The van der Waals surface area contributed by atoms with Crippen molar-refractivity contribution in [2.75, 3.05) is 12.4 Å². The van der Waals surface area contributed by atoms with Crippen LogP contribution in [-0.4, -0.2) is 24.1 Å². The summed E-state index contributed by atoms with van der Waals surface area (Å²) in [5, 5.41) is 9.27. The summed E-state index contributed by atoms with van der Waals surface area (Å²) in [6, 6.07) is 6.93. The first kappa shape index (κ1) is 14.1. The zero-order chi connectivity index (χ0) is 15.5. The molecule has 114 valence electrons. The molecule has 0 saturated heterocycles. The zero-order valence-electron chi connectivity index (χ0n) is 12.0. The fraction of sp³-hybridized carbons (Fsp3) is 0.267. The minimum absolute atomic E-state index is 0.102. The lowest BCUT2D eigenvalue weighted by Gasteiger charge is -2.25. The van der Waals surface area contributed by atoms with Crippen molar-refractivity contribution < 1.29 is 18.8 Å². The number of aromatic nitrogens is 1. The Morgan fingerprint density at radius 2 is 2.36 bits per heavy atom. The van der Waals surface area contributed by atoms with E-state index in [0.717, 1.165) is 5.56 Å². The van der Waals surface area contributed by atoms with Crippen LogP contribution in [-0.2, 0) is 16.1 Å². The van der Waals surface area contributed by atoms with Crippen LogP contribution in [0.3, 0.4) is 0 Å². The van der Waals surface area contributed by atoms with E-state index >= 15 is 0 Å². The van der Waals surface area contributed by atoms with E-state index in [9.17, 15) is 9.59 Å². The number of nitrogens with zero attached hydrogens (tertiary/aromatic N) is 1. The molecule has 1 aromatic carbocycles. The second-order valence-corrected chi connectivity index (χ2v) is 4.97. The number of nitrogens with one attached hydrogen (secondary N) is 2. The maximum absolute atomic E-state index is 12.4. The van der Waals surface area contributed by atoms with Gasteiger partial charge in [0.15, 0.2) is 0 Å². The third-order valence-corrected chi connectivity index (χ3v) is 3.55. The molecule has 0 aliphatic carbocycles. The maximum atomic E-state index is 12.4. The molecule has 0 unspecified atom stereocenters. The second kappa shape index (κ2) is 5.88. The number of ether oxygens (including phenoxy) is 1. The molecule has 0 saturated carbocycles. The molecule has 7 heteroatoms. The van der Waals surface area contributed by atoms with Crippen LogP contribution >= 0.6 is 0 Å². The summed E-state index contributed by atoms with van der Waals surface area (Å²) in [5.74, 6) is -0.318. The highest BCUT2D eigenvalue weighted by molar-refractivity contribution is 6.01. The van der Waals surface area contributed by atoms with Crippen molar-refractivity contribution in [2.45, 2.75) is 18.9 Å². The van der Waals surface area contributed by atoms with Crippen LogP contribution in [0.5, 0.6) is 5.75 Å². The van der Waals surface area contributed by atoms with Gasteiger partial charge >= 0.3 is 0 Å². The van der Waals surface area contributed by atoms with E-state index in [-0.39, 0.29) is 24.8 Å². The number of amides is 2. The van der Waals surface area contributed by atoms with Gasteiger partial charge in [0.1, 0.15) is 17.7 Å². The van der Waals surface area contributed by atoms with Gasteiger partial charge in [0.05, 0.1) is 19.6 Å². The van der Waals surface area contributed by atoms with Gasteiger partial charge in [-0.3, -0.25) is 9.59 Å². The fourth-order valence-electron chi connectivity index (χ4n) is 2.43. The highest BCUT2D eigenvalue weighted by atomic mass is 16.5. The summed E-state index contributed by atoms with van der Waals surface area (Å²) in [5.41, 5.74) is 2.01. The summed E-state index contributed by atoms with van der Waals surface area (Å²) in [4.78, 5) is 24.2. The van der Waals surface area contributed by atoms with Gasteiger partial charge in [0.25, 0.3) is 0 Å². The molecule has 0 radical (unpaired) electrons. The summed E-state index contributed by atoms with van der Waals surface area (Å²) in [6.45, 7) is 0.257. The summed E-state index contributed by atoms with van der Waals surface area (Å²) >= 11 is 0. The molecular weight excluding hydrogens is 286 g/mol. The van der Waals surface area contributed by atoms with Crippen LogP contribution in [0.1, 0.15) is 23.6 Å². The van der Waals surface area contributed by atoms with Crippen LogP contribution in [0.2, 0.25) is 0 Å². The first-order valence-corrected chi connectivity index (χ1v) is 6.82. The average Bonchev–Trinajstić information content (AvgIpc) is 3.04. The van der Waals surface area contributed by atoms with E-state index in [2.05, 4.69) is 15.8 Å². The van der Waals surface area contributed by atoms with Gasteiger partial charge in [-0.25, -0.2) is 0 Å². The van der Waals surface area contributed by atoms with Crippen molar-refractivity contribution in [1.82, 2.24) is 10.5 Å². The van der Waals surface area contributed by atoms with Gasteiger partial charge in [-0.1, -0.05) is 5.16 Å². The van der Waals surface area contributed by atoms with E-state index in [1.54, 1.807) is 31.4 Å². The number of methoxy groups -OCH3 is 1. The van der Waals surface area contributed by atoms with Gasteiger partial charge in [-0.15, -0.1) is 0 Å². The number of anilines is 1. The first-order chi connectivity index (χ1) is 10.7. The van der Waals surface area contributed by atoms with Gasteiger partial charge in [-0.2, -0.15) is 0 Å². The Balaban J connectivity index is 1.81. The lowest BCUT2D eigenvalue weighted by Crippen LogP contribution is -2.34. The van der Waals surface area contributed by atoms with Crippen LogP contribution in [0, 0.1) is 0 Å². The molecule has 2 aromatic rings. The molecule has 2 heterocycles. The van der Waals surface area contributed by atoms with Crippen molar-refractivity contribution in [1.29, 1.82) is 0 Å². The molecule has 0 spiro atoms. The lowest BCUT2D eigenvalue weighted by atomic mass is 9.89. The number of fused-ring (bicyclic) bond motifs is 1. The standard InChI is InChI=1S/C15H15N3O4/c1-21-10-2-3-13-11(6-10)12(7-14(19)17-13)15(20)16-8-9-4-5-22-18-9/h2-6,12H,7-8H2,1H3,(H,16,20)(H,17,19)/t12-/m0/s1. The fourth-order valence-corrected chi connectivity index (χ4v) is 2.43. The van der Waals surface area contributed by atoms with Gasteiger partial charge in [-0.05, 0) is 23.8 Å². The molecule has 1 aromatic heterocycles. The monoisotopic (exact) mass is 301 g/mol. The van der Waals surface area contributed by atoms with Crippen molar-refractivity contribution in [3.63, 3.8) is 0 Å². The van der Waals surface area contributed by atoms with Gasteiger partial charge in [0, 0.05) is 18.2 Å². The normalized spacial score (nSPS) is 16.6. The number of hydrogen-bond acceptors (Lipinski definition) is 5. The third kappa shape index (κ3) is 2.78. The van der Waals surface area contributed by atoms with Gasteiger partial charge < -0.3 is 19.9 Å². The van der Waals surface area contributed by atoms with Crippen molar-refractivity contribution in [3.8, 4) is 5.75 Å². The number of carbonyl (C=O) groups excluding carboxylic acids is 2. The van der Waals surface area contributed by atoms with Crippen molar-refractivity contribution >= 4 is 17.5 Å². The zero-order valence-corrected chi connectivity index (χ0v) is 12.0. The van der Waals surface area contributed by atoms with E-state index in [4.69, 9.17) is 9.26 Å². The lowest BCUT2D eigenvalue weighted by molar-refractivity contribution is -0.126. The minimum Gasteiger partial charge on any atom is -0.497 e. The van der Waals surface area contributed by atoms with Crippen LogP contribution < -0.4 is 15.4 Å². The van der Waals surface area contributed by atoms with E-state index in [0.29, 0.717) is 17.1 Å². The molecule has 2 N–H and O–H groups in total. The summed E-state index contributed by atoms with van der Waals surface area (Å²) < 4.78 is 9.90. The molecule has 1 aliphatic rings. The van der Waals surface area contributed by atoms with E-state index < -0.39 is 5.92 Å². The average molecular weight is 301 g/mol. The first-order valence-electron chi connectivity index (χ1n) is 6.82. The Morgan fingerprint density at radius 3 is 3.09 bits per heavy atom. The van der Waals surface area contributed by atoms with Crippen LogP contribution in [0.4, 0.5) is 5.69 Å². The second-order valence-electron chi connectivity index (χ2n) is 4.97. The Kier molecular flexibility index (Phi) is 3.78. The Morgan fingerprint density at radius 1 is 1.50 bits per heavy atom. The molecule has 7 nitrogen and oxygen atoms in total. The molecule has 3 rings (SSSR count). The molecule has 0 fully saturated rings. The number of carbonyl (C=O) groups is 2. The molecule has 0 bridgehead atoms. The Bertz CT molecular complexity index is 697. The molecule has 1 aliphatic heterocycles. The molecular formula is C15H15N3O4. The third-order valence-electron chi connectivity index (χ3n) is 3.55. The molecule has 2 amide bonds. The minimum atomic E-state index is -0.550. The van der Waals surface area contributed by atoms with Crippen molar-refractivity contribution in [2.24, 2.45) is 0 Å². The largest absolute Gasteiger partial charge is 0.497 e. The van der Waals surface area contributed by atoms with Gasteiger partial charge in [0.2, 0.25) is 11.8 Å². The number of benzene rings is 1. The predicted molar refractivity (Wildman–Crippen MR) is 77.3 cm³/mol. The van der Waals surface area contributed by atoms with E-state index in [1.165, 1.54) is 6.26 Å². The number of hydrogen-bond donors (Lipinski definition) is 2. The number of rotatable bonds is 4. The Labute approximate surface area is 126 Å². The highest BCUT2D eigenvalue weighted by Crippen LogP contribution is 2.35. The topological polar surface area (TPSA) is 93.5 Å². The maximum Gasteiger partial charge on any atom is 0.228 e. The van der Waals surface area contributed by atoms with Crippen LogP contribution in [0.15, 0.2) is 35.1 Å². The Hall–Kier alpha value is -2.83. The molecule has 1 atom stereocenters. The SMILES string of the molecule is COc1ccc2c(c1)[C@@H](C(=O)NCc1ccon1)CC(=O)N2. The van der Waals surface area contributed by atoms with Crippen molar-refractivity contribution in [3.05, 3.63) is 41.8 Å². The predicted octanol–water partition coefficient (Wildman–Crippen LogP) is 1.43. The summed E-state index contributed by atoms with van der Waals surface area (Å²) in [6.07, 6.45) is 1.54. The summed E-state index contributed by atoms with van der Waals surface area (Å²) in [7, 11) is 1.56. The molecule has 22 heavy (non-hydrogen) atoms. The van der Waals surface area contributed by atoms with E-state index in [1.807, 2.05) is 0 Å². The van der Waals surface area contributed by atoms with Crippen LogP contribution in [0.25, 0.3) is 0 Å². The highest BCUT2D eigenvalue weighted by Gasteiger charge is 2.31.